The molecule has 3 atom stereocenters. The van der Waals surface area contributed by atoms with Gasteiger partial charge in [0.1, 0.15) is 10.3 Å². The van der Waals surface area contributed by atoms with E-state index < -0.39 is 21.7 Å². The van der Waals surface area contributed by atoms with Crippen LogP contribution in [0.2, 0.25) is 0 Å². The Balaban J connectivity index is 2.41. The molecule has 0 radical (unpaired) electrons. The minimum absolute atomic E-state index is 0.0202. The lowest BCUT2D eigenvalue weighted by Crippen LogP contribution is -2.52. The van der Waals surface area contributed by atoms with E-state index in [1.54, 1.807) is 11.8 Å². The Morgan fingerprint density at radius 2 is 1.93 bits per heavy atom. The first-order chi connectivity index (χ1) is 13.3. The van der Waals surface area contributed by atoms with Gasteiger partial charge in [-0.1, -0.05) is 22.0 Å². The fourth-order valence-electron chi connectivity index (χ4n) is 3.64. The summed E-state index contributed by atoms with van der Waals surface area (Å²) in [5.74, 6) is -0.222. The highest BCUT2D eigenvalue weighted by atomic mass is 79.9. The second-order valence-electron chi connectivity index (χ2n) is 9.50. The zero-order valence-corrected chi connectivity index (χ0v) is 21.8. The summed E-state index contributed by atoms with van der Waals surface area (Å²) < 4.78 is 21.9. The van der Waals surface area contributed by atoms with Crippen LogP contribution in [0.15, 0.2) is 27.6 Å². The predicted octanol–water partition coefficient (Wildman–Crippen LogP) is 6.26. The van der Waals surface area contributed by atoms with E-state index in [1.165, 1.54) is 10.5 Å². The van der Waals surface area contributed by atoms with Crippen LogP contribution in [0.1, 0.15) is 78.8 Å². The number of thioether (sulfide) groups is 1. The SMILES string of the molecule is CSc1cc(Br)ccc1[C@@H]1CCC[C@@H](CC(=O)OC(C)(C)C)N1[S+]([O-])C(C)(C)C. The number of benzene rings is 1. The summed E-state index contributed by atoms with van der Waals surface area (Å²) in [6.45, 7) is 11.6. The van der Waals surface area contributed by atoms with Gasteiger partial charge in [0.2, 0.25) is 0 Å². The van der Waals surface area contributed by atoms with Gasteiger partial charge in [-0.3, -0.25) is 4.79 Å². The van der Waals surface area contributed by atoms with Crippen molar-refractivity contribution in [3.8, 4) is 0 Å². The number of hydrogen-bond acceptors (Lipinski definition) is 5. The normalized spacial score (nSPS) is 22.4. The number of rotatable bonds is 5. The van der Waals surface area contributed by atoms with Gasteiger partial charge < -0.3 is 9.29 Å². The Bertz CT molecular complexity index is 715. The second-order valence-corrected chi connectivity index (χ2v) is 13.4. The van der Waals surface area contributed by atoms with Crippen molar-refractivity contribution in [2.75, 3.05) is 6.26 Å². The molecule has 1 aliphatic rings. The second kappa shape index (κ2) is 9.94. The van der Waals surface area contributed by atoms with Gasteiger partial charge in [0.05, 0.1) is 18.5 Å². The highest BCUT2D eigenvalue weighted by Crippen LogP contribution is 2.44. The number of nitrogens with zero attached hydrogens (tertiary/aromatic N) is 1. The van der Waals surface area contributed by atoms with Crippen LogP contribution < -0.4 is 0 Å². The van der Waals surface area contributed by atoms with E-state index in [4.69, 9.17) is 4.74 Å². The Kier molecular flexibility index (Phi) is 8.59. The van der Waals surface area contributed by atoms with Crippen molar-refractivity contribution in [3.63, 3.8) is 0 Å². The Labute approximate surface area is 192 Å². The first-order valence-electron chi connectivity index (χ1n) is 10.1. The molecule has 1 heterocycles. The molecule has 0 N–H and O–H groups in total. The van der Waals surface area contributed by atoms with E-state index in [0.29, 0.717) is 0 Å². The van der Waals surface area contributed by atoms with Crippen LogP contribution in [-0.4, -0.2) is 37.5 Å². The molecule has 0 aromatic heterocycles. The van der Waals surface area contributed by atoms with Gasteiger partial charge in [-0.25, -0.2) is 0 Å². The van der Waals surface area contributed by atoms with E-state index in [1.807, 2.05) is 47.6 Å². The molecule has 2 rings (SSSR count). The number of piperidine rings is 1. The van der Waals surface area contributed by atoms with E-state index in [-0.39, 0.29) is 24.5 Å². The van der Waals surface area contributed by atoms with Crippen molar-refractivity contribution in [1.29, 1.82) is 0 Å². The van der Waals surface area contributed by atoms with Crippen molar-refractivity contribution in [1.82, 2.24) is 4.31 Å². The van der Waals surface area contributed by atoms with Crippen LogP contribution in [0.3, 0.4) is 0 Å². The largest absolute Gasteiger partial charge is 0.597 e. The average molecular weight is 505 g/mol. The highest BCUT2D eigenvalue weighted by Gasteiger charge is 2.46. The first-order valence-corrected chi connectivity index (χ1v) is 13.2. The molecule has 29 heavy (non-hydrogen) atoms. The molecule has 0 bridgehead atoms. The predicted molar refractivity (Wildman–Crippen MR) is 126 cm³/mol. The van der Waals surface area contributed by atoms with Gasteiger partial charge >= 0.3 is 5.97 Å². The molecular weight excluding hydrogens is 470 g/mol. The lowest BCUT2D eigenvalue weighted by atomic mass is 9.92. The van der Waals surface area contributed by atoms with E-state index >= 15 is 0 Å². The standard InChI is InChI=1S/C22H34BrNO3S2/c1-21(2,3)27-20(25)14-16-9-8-10-18(24(16)29(26)22(4,5)6)17-12-11-15(23)13-19(17)28-7/h11-13,16,18H,8-10,14H2,1-7H3/t16-,18-,29?/m0/s1. The molecule has 0 aliphatic carbocycles. The van der Waals surface area contributed by atoms with Crippen LogP contribution in [0.4, 0.5) is 0 Å². The zero-order valence-electron chi connectivity index (χ0n) is 18.6. The van der Waals surface area contributed by atoms with Gasteiger partial charge in [0.25, 0.3) is 0 Å². The smallest absolute Gasteiger partial charge is 0.308 e. The molecule has 1 fully saturated rings. The number of hydrogen-bond donors (Lipinski definition) is 0. The number of ether oxygens (including phenoxy) is 1. The number of halogens is 1. The quantitative estimate of drug-likeness (QED) is 0.269. The third-order valence-electron chi connectivity index (χ3n) is 4.77. The van der Waals surface area contributed by atoms with Gasteiger partial charge in [-0.05, 0) is 84.8 Å². The fourth-order valence-corrected chi connectivity index (χ4v) is 6.37. The Morgan fingerprint density at radius 3 is 2.48 bits per heavy atom. The summed E-state index contributed by atoms with van der Waals surface area (Å²) in [5, 5.41) is 0. The lowest BCUT2D eigenvalue weighted by molar-refractivity contribution is -0.156. The molecule has 1 saturated heterocycles. The minimum Gasteiger partial charge on any atom is -0.597 e. The maximum atomic E-state index is 13.6. The van der Waals surface area contributed by atoms with Crippen LogP contribution in [0, 0.1) is 0 Å². The van der Waals surface area contributed by atoms with Crippen LogP contribution in [0.25, 0.3) is 0 Å². The molecule has 0 amide bonds. The summed E-state index contributed by atoms with van der Waals surface area (Å²) in [5.41, 5.74) is 0.670. The van der Waals surface area contributed by atoms with Crippen molar-refractivity contribution in [3.05, 3.63) is 28.2 Å². The van der Waals surface area contributed by atoms with Crippen LogP contribution >= 0.6 is 27.7 Å². The Hall–Kier alpha value is -0.210. The summed E-state index contributed by atoms with van der Waals surface area (Å²) in [6.07, 6.45) is 5.11. The van der Waals surface area contributed by atoms with Crippen molar-refractivity contribution < 1.29 is 14.1 Å². The lowest BCUT2D eigenvalue weighted by Gasteiger charge is -2.44. The Morgan fingerprint density at radius 1 is 1.28 bits per heavy atom. The molecule has 1 aromatic carbocycles. The first kappa shape index (κ1) is 25.1. The van der Waals surface area contributed by atoms with Crippen molar-refractivity contribution in [2.45, 2.75) is 94.6 Å². The molecular formula is C22H34BrNO3S2. The van der Waals surface area contributed by atoms with Gasteiger partial charge in [0, 0.05) is 20.7 Å². The highest BCUT2D eigenvalue weighted by molar-refractivity contribution is 9.10. The number of esters is 1. The van der Waals surface area contributed by atoms with E-state index in [2.05, 4.69) is 38.6 Å². The van der Waals surface area contributed by atoms with Crippen molar-refractivity contribution >= 4 is 45.0 Å². The van der Waals surface area contributed by atoms with E-state index in [9.17, 15) is 9.35 Å². The summed E-state index contributed by atoms with van der Waals surface area (Å²) in [6, 6.07) is 6.22. The molecule has 7 heteroatoms. The topological polar surface area (TPSA) is 52.6 Å². The summed E-state index contributed by atoms with van der Waals surface area (Å²) >= 11 is 4.03. The minimum atomic E-state index is -1.23. The van der Waals surface area contributed by atoms with Gasteiger partial charge in [-0.15, -0.1) is 16.1 Å². The average Bonchev–Trinajstić information content (AvgIpc) is 2.58. The number of carbonyl (C=O) groups is 1. The van der Waals surface area contributed by atoms with Crippen molar-refractivity contribution in [2.24, 2.45) is 0 Å². The summed E-state index contributed by atoms with van der Waals surface area (Å²) in [7, 11) is 0. The van der Waals surface area contributed by atoms with Gasteiger partial charge in [-0.2, -0.15) is 0 Å². The number of carbonyl (C=O) groups excluding carboxylic acids is 1. The maximum Gasteiger partial charge on any atom is 0.308 e. The monoisotopic (exact) mass is 503 g/mol. The molecule has 0 saturated carbocycles. The molecule has 1 unspecified atom stereocenters. The van der Waals surface area contributed by atoms with Crippen LogP contribution in [-0.2, 0) is 20.9 Å². The summed E-state index contributed by atoms with van der Waals surface area (Å²) in [4.78, 5) is 13.8. The zero-order chi connectivity index (χ0) is 22.0. The molecule has 0 spiro atoms. The molecule has 1 aliphatic heterocycles. The van der Waals surface area contributed by atoms with Gasteiger partial charge in [0.15, 0.2) is 0 Å². The third kappa shape index (κ3) is 6.89. The third-order valence-corrected chi connectivity index (χ3v) is 8.04. The van der Waals surface area contributed by atoms with Crippen LogP contribution in [0.5, 0.6) is 0 Å². The fraction of sp³-hybridized carbons (Fsp3) is 0.682. The molecule has 4 nitrogen and oxygen atoms in total. The van der Waals surface area contributed by atoms with E-state index in [0.717, 1.165) is 23.7 Å². The maximum absolute atomic E-state index is 13.6. The molecule has 164 valence electrons. The molecule has 1 aromatic rings.